The Hall–Kier alpha value is -1.56. The van der Waals surface area contributed by atoms with Crippen LogP contribution < -0.4 is 11.1 Å². The number of nitrogens with two attached hydrogens (primary N) is 1. The normalized spacial score (nSPS) is 12.4. The van der Waals surface area contributed by atoms with Crippen LogP contribution in [0.15, 0.2) is 33.2 Å². The van der Waals surface area contributed by atoms with Crippen LogP contribution in [0.1, 0.15) is 18.5 Å². The molecule has 1 heterocycles. The highest BCUT2D eigenvalue weighted by molar-refractivity contribution is 9.10. The fourth-order valence-corrected chi connectivity index (χ4v) is 1.58. The average Bonchev–Trinajstić information content (AvgIpc) is 2.65. The molecule has 0 aliphatic heterocycles. The highest BCUT2D eigenvalue weighted by Crippen LogP contribution is 2.20. The summed E-state index contributed by atoms with van der Waals surface area (Å²) in [7, 11) is 0. The van der Waals surface area contributed by atoms with Crippen molar-refractivity contribution in [3.8, 4) is 0 Å². The van der Waals surface area contributed by atoms with Gasteiger partial charge in [-0.15, -0.1) is 0 Å². The Morgan fingerprint density at radius 1 is 1.31 bits per heavy atom. The van der Waals surface area contributed by atoms with Crippen molar-refractivity contribution in [1.29, 1.82) is 0 Å². The molecule has 2 rings (SSSR count). The number of nitrogens with zero attached hydrogens (tertiary/aromatic N) is 2. The second-order valence-corrected chi connectivity index (χ2v) is 4.28. The molecule has 6 heteroatoms. The van der Waals surface area contributed by atoms with Crippen LogP contribution in [0.4, 0.5) is 12.0 Å². The second kappa shape index (κ2) is 4.52. The predicted molar refractivity (Wildman–Crippen MR) is 64.9 cm³/mol. The number of halogens is 1. The Labute approximate surface area is 101 Å². The van der Waals surface area contributed by atoms with Crippen LogP contribution in [-0.2, 0) is 0 Å². The first kappa shape index (κ1) is 10.9. The number of hydrogen-bond acceptors (Lipinski definition) is 5. The van der Waals surface area contributed by atoms with Gasteiger partial charge in [0, 0.05) is 4.47 Å². The van der Waals surface area contributed by atoms with Crippen LogP contribution in [0, 0.1) is 0 Å². The largest absolute Gasteiger partial charge is 0.390 e. The van der Waals surface area contributed by atoms with Crippen molar-refractivity contribution in [3.05, 3.63) is 34.3 Å². The van der Waals surface area contributed by atoms with E-state index in [-0.39, 0.29) is 12.1 Å². The Kier molecular flexibility index (Phi) is 3.09. The highest BCUT2D eigenvalue weighted by atomic mass is 79.9. The zero-order valence-electron chi connectivity index (χ0n) is 8.64. The first-order valence-electron chi connectivity index (χ1n) is 4.76. The maximum atomic E-state index is 5.33. The van der Waals surface area contributed by atoms with Crippen LogP contribution in [-0.4, -0.2) is 10.2 Å². The summed E-state index contributed by atoms with van der Waals surface area (Å²) in [6, 6.07) is 8.46. The lowest BCUT2D eigenvalue weighted by Crippen LogP contribution is -2.06. The molecule has 0 amide bonds. The van der Waals surface area contributed by atoms with Crippen LogP contribution >= 0.6 is 15.9 Å². The van der Waals surface area contributed by atoms with Crippen molar-refractivity contribution in [2.45, 2.75) is 13.0 Å². The summed E-state index contributed by atoms with van der Waals surface area (Å²) in [6.07, 6.45) is 0. The van der Waals surface area contributed by atoms with E-state index < -0.39 is 0 Å². The number of rotatable bonds is 3. The van der Waals surface area contributed by atoms with Crippen molar-refractivity contribution in [1.82, 2.24) is 10.2 Å². The van der Waals surface area contributed by atoms with Gasteiger partial charge in [0.1, 0.15) is 0 Å². The van der Waals surface area contributed by atoms with E-state index in [1.807, 2.05) is 31.2 Å². The van der Waals surface area contributed by atoms with Crippen molar-refractivity contribution in [3.63, 3.8) is 0 Å². The number of hydrogen-bond donors (Lipinski definition) is 2. The van der Waals surface area contributed by atoms with E-state index in [9.17, 15) is 0 Å². The third-order valence-electron chi connectivity index (χ3n) is 2.15. The zero-order chi connectivity index (χ0) is 11.5. The van der Waals surface area contributed by atoms with Crippen LogP contribution in [0.2, 0.25) is 0 Å². The summed E-state index contributed by atoms with van der Waals surface area (Å²) in [6.45, 7) is 2.00. The SMILES string of the molecule is CC(Nc1nnc(N)o1)c1ccc(Br)cc1. The monoisotopic (exact) mass is 282 g/mol. The number of nitrogen functional groups attached to an aromatic ring is 1. The third kappa shape index (κ3) is 2.52. The molecule has 5 nitrogen and oxygen atoms in total. The Bertz CT molecular complexity index is 468. The smallest absolute Gasteiger partial charge is 0.317 e. The molecule has 1 unspecified atom stereocenters. The van der Waals surface area contributed by atoms with Gasteiger partial charge in [-0.25, -0.2) is 0 Å². The summed E-state index contributed by atoms with van der Waals surface area (Å²) < 4.78 is 6.08. The van der Waals surface area contributed by atoms with Gasteiger partial charge in [-0.2, -0.15) is 0 Å². The predicted octanol–water partition coefficient (Wildman–Crippen LogP) is 2.59. The minimum absolute atomic E-state index is 0.0607. The first-order valence-corrected chi connectivity index (χ1v) is 5.55. The minimum Gasteiger partial charge on any atom is -0.390 e. The van der Waals surface area contributed by atoms with E-state index in [4.69, 9.17) is 10.2 Å². The van der Waals surface area contributed by atoms with Gasteiger partial charge in [0.25, 0.3) is 0 Å². The van der Waals surface area contributed by atoms with Crippen LogP contribution in [0.5, 0.6) is 0 Å². The first-order chi connectivity index (χ1) is 7.65. The Morgan fingerprint density at radius 3 is 2.56 bits per heavy atom. The van der Waals surface area contributed by atoms with Crippen molar-refractivity contribution < 1.29 is 4.42 Å². The van der Waals surface area contributed by atoms with Gasteiger partial charge in [-0.1, -0.05) is 38.3 Å². The van der Waals surface area contributed by atoms with E-state index in [1.54, 1.807) is 0 Å². The molecule has 0 fully saturated rings. The zero-order valence-corrected chi connectivity index (χ0v) is 10.2. The van der Waals surface area contributed by atoms with Crippen molar-refractivity contribution in [2.24, 2.45) is 0 Å². The van der Waals surface area contributed by atoms with Gasteiger partial charge >= 0.3 is 12.0 Å². The quantitative estimate of drug-likeness (QED) is 0.905. The van der Waals surface area contributed by atoms with E-state index in [0.717, 1.165) is 10.0 Å². The molecule has 0 spiro atoms. The lowest BCUT2D eigenvalue weighted by Gasteiger charge is -2.11. The van der Waals surface area contributed by atoms with E-state index in [2.05, 4.69) is 31.4 Å². The van der Waals surface area contributed by atoms with Gasteiger partial charge < -0.3 is 15.5 Å². The standard InChI is InChI=1S/C10H11BrN4O/c1-6(7-2-4-8(11)5-3-7)13-10-15-14-9(12)16-10/h2-6H,1H3,(H2,12,14)(H,13,15). The molecule has 0 saturated heterocycles. The van der Waals surface area contributed by atoms with E-state index in [0.29, 0.717) is 6.01 Å². The van der Waals surface area contributed by atoms with Gasteiger partial charge in [0.15, 0.2) is 0 Å². The molecule has 3 N–H and O–H groups in total. The van der Waals surface area contributed by atoms with Gasteiger partial charge in [-0.3, -0.25) is 0 Å². The number of nitrogens with one attached hydrogen (secondary N) is 1. The molecular weight excluding hydrogens is 272 g/mol. The molecule has 2 aromatic rings. The Morgan fingerprint density at radius 2 is 2.00 bits per heavy atom. The van der Waals surface area contributed by atoms with Crippen molar-refractivity contribution in [2.75, 3.05) is 11.1 Å². The summed E-state index contributed by atoms with van der Waals surface area (Å²) in [5.74, 6) is 0. The summed E-state index contributed by atoms with van der Waals surface area (Å²) in [5.41, 5.74) is 6.45. The topological polar surface area (TPSA) is 77.0 Å². The van der Waals surface area contributed by atoms with Crippen molar-refractivity contribution >= 4 is 28.0 Å². The summed E-state index contributed by atoms with van der Waals surface area (Å²) in [5, 5.41) is 10.4. The lowest BCUT2D eigenvalue weighted by atomic mass is 10.1. The summed E-state index contributed by atoms with van der Waals surface area (Å²) in [4.78, 5) is 0. The third-order valence-corrected chi connectivity index (χ3v) is 2.68. The Balaban J connectivity index is 2.08. The molecule has 0 bridgehead atoms. The minimum atomic E-state index is 0.0607. The molecule has 1 aromatic carbocycles. The molecule has 1 atom stereocenters. The van der Waals surface area contributed by atoms with Crippen LogP contribution in [0.25, 0.3) is 0 Å². The highest BCUT2D eigenvalue weighted by Gasteiger charge is 2.09. The molecule has 0 aliphatic carbocycles. The lowest BCUT2D eigenvalue weighted by molar-refractivity contribution is 0.578. The molecule has 84 valence electrons. The summed E-state index contributed by atoms with van der Waals surface area (Å²) >= 11 is 3.39. The molecule has 1 aromatic heterocycles. The number of aromatic nitrogens is 2. The van der Waals surface area contributed by atoms with Gasteiger partial charge in [0.05, 0.1) is 6.04 Å². The van der Waals surface area contributed by atoms with Gasteiger partial charge in [0.2, 0.25) is 0 Å². The fourth-order valence-electron chi connectivity index (χ4n) is 1.31. The second-order valence-electron chi connectivity index (χ2n) is 3.36. The van der Waals surface area contributed by atoms with Crippen LogP contribution in [0.3, 0.4) is 0 Å². The average molecular weight is 283 g/mol. The fraction of sp³-hybridized carbons (Fsp3) is 0.200. The number of benzene rings is 1. The molecular formula is C10H11BrN4O. The maximum Gasteiger partial charge on any atom is 0.317 e. The molecule has 0 saturated carbocycles. The van der Waals surface area contributed by atoms with E-state index in [1.165, 1.54) is 0 Å². The molecule has 16 heavy (non-hydrogen) atoms. The van der Waals surface area contributed by atoms with Gasteiger partial charge in [-0.05, 0) is 24.6 Å². The maximum absolute atomic E-state index is 5.33. The molecule has 0 radical (unpaired) electrons. The van der Waals surface area contributed by atoms with E-state index >= 15 is 0 Å². The molecule has 0 aliphatic rings. The number of anilines is 2.